The summed E-state index contributed by atoms with van der Waals surface area (Å²) in [4.78, 5) is 22.8. The van der Waals surface area contributed by atoms with Crippen LogP contribution in [0, 0.1) is 0 Å². The van der Waals surface area contributed by atoms with Crippen molar-refractivity contribution < 1.29 is 4.79 Å². The Morgan fingerprint density at radius 3 is 2.89 bits per heavy atom. The van der Waals surface area contributed by atoms with Crippen LogP contribution in [0.4, 0.5) is 5.95 Å². The Morgan fingerprint density at radius 2 is 2.28 bits per heavy atom. The van der Waals surface area contributed by atoms with Gasteiger partial charge in [0.05, 0.1) is 0 Å². The van der Waals surface area contributed by atoms with Gasteiger partial charge in [-0.3, -0.25) is 4.79 Å². The summed E-state index contributed by atoms with van der Waals surface area (Å²) in [6.07, 6.45) is 3.24. The number of aromatic nitrogens is 5. The molecule has 0 fully saturated rings. The fourth-order valence-electron chi connectivity index (χ4n) is 1.16. The van der Waals surface area contributed by atoms with Gasteiger partial charge < -0.3 is 11.1 Å². The number of hydrogen-bond acceptors (Lipinski definition) is 6. The van der Waals surface area contributed by atoms with Crippen LogP contribution in [0.2, 0.25) is 5.28 Å². The van der Waals surface area contributed by atoms with Crippen molar-refractivity contribution in [2.24, 2.45) is 5.73 Å². The van der Waals surface area contributed by atoms with Gasteiger partial charge in [0.25, 0.3) is 5.95 Å². The molecule has 0 radical (unpaired) electrons. The molecule has 94 valence electrons. The zero-order valence-corrected chi connectivity index (χ0v) is 10.2. The topological polar surface area (TPSA) is 112 Å². The van der Waals surface area contributed by atoms with Crippen LogP contribution < -0.4 is 11.1 Å². The fourth-order valence-corrected chi connectivity index (χ4v) is 1.31. The Morgan fingerprint density at radius 1 is 1.50 bits per heavy atom. The maximum Gasteiger partial charge on any atom is 0.256 e. The highest BCUT2D eigenvalue weighted by Crippen LogP contribution is 2.09. The average Bonchev–Trinajstić information content (AvgIpc) is 2.81. The summed E-state index contributed by atoms with van der Waals surface area (Å²) in [5, 5.41) is 6.69. The number of carbonyl (C=O) groups excluding carboxylic acids is 1. The number of amides is 1. The quantitative estimate of drug-likeness (QED) is 0.806. The third-order valence-electron chi connectivity index (χ3n) is 2.08. The summed E-state index contributed by atoms with van der Waals surface area (Å²) in [6, 6.07) is 1.10. The van der Waals surface area contributed by atoms with E-state index >= 15 is 0 Å². The van der Waals surface area contributed by atoms with E-state index in [4.69, 9.17) is 17.3 Å². The summed E-state index contributed by atoms with van der Waals surface area (Å²) in [5.74, 6) is -0.113. The zero-order valence-electron chi connectivity index (χ0n) is 9.41. The molecule has 18 heavy (non-hydrogen) atoms. The van der Waals surface area contributed by atoms with Crippen LogP contribution in [0.15, 0.2) is 18.5 Å². The molecule has 2 heterocycles. The molecule has 2 aromatic rings. The van der Waals surface area contributed by atoms with Gasteiger partial charge in [-0.2, -0.15) is 20.1 Å². The van der Waals surface area contributed by atoms with Crippen molar-refractivity contribution >= 4 is 23.5 Å². The largest absolute Gasteiger partial charge is 0.368 e. The first-order valence-corrected chi connectivity index (χ1v) is 5.41. The molecular weight excluding hydrogens is 258 g/mol. The summed E-state index contributed by atoms with van der Waals surface area (Å²) < 4.78 is 1.42. The second kappa shape index (κ2) is 4.96. The molecule has 1 amide bonds. The van der Waals surface area contributed by atoms with E-state index < -0.39 is 11.9 Å². The molecule has 8 nitrogen and oxygen atoms in total. The summed E-state index contributed by atoms with van der Waals surface area (Å²) in [7, 11) is 0. The second-order valence-electron chi connectivity index (χ2n) is 3.45. The number of nitrogens with two attached hydrogens (primary N) is 1. The van der Waals surface area contributed by atoms with Gasteiger partial charge in [-0.15, -0.1) is 0 Å². The Balaban J connectivity index is 2.30. The molecular formula is C9H10ClN7O. The molecule has 0 aliphatic carbocycles. The van der Waals surface area contributed by atoms with Gasteiger partial charge in [-0.05, 0) is 24.6 Å². The predicted octanol–water partition coefficient (Wildman–Crippen LogP) is -0.00360. The predicted molar refractivity (Wildman–Crippen MR) is 64.2 cm³/mol. The van der Waals surface area contributed by atoms with E-state index in [0.29, 0.717) is 0 Å². The highest BCUT2D eigenvalue weighted by Gasteiger charge is 2.12. The molecule has 2 aromatic heterocycles. The monoisotopic (exact) mass is 267 g/mol. The number of nitrogens with zero attached hydrogens (tertiary/aromatic N) is 5. The number of nitrogens with one attached hydrogen (secondary N) is 1. The Bertz CT molecular complexity index is 556. The minimum atomic E-state index is -0.617. The van der Waals surface area contributed by atoms with Crippen molar-refractivity contribution in [1.29, 1.82) is 0 Å². The van der Waals surface area contributed by atoms with Crippen molar-refractivity contribution in [3.05, 3.63) is 23.7 Å². The highest BCUT2D eigenvalue weighted by atomic mass is 35.5. The minimum Gasteiger partial charge on any atom is -0.368 e. The van der Waals surface area contributed by atoms with E-state index in [1.54, 1.807) is 25.4 Å². The van der Waals surface area contributed by atoms with Gasteiger partial charge in [-0.25, -0.2) is 4.68 Å². The molecule has 0 saturated carbocycles. The maximum absolute atomic E-state index is 10.9. The molecule has 2 rings (SSSR count). The van der Waals surface area contributed by atoms with Crippen molar-refractivity contribution in [3.63, 3.8) is 0 Å². The van der Waals surface area contributed by atoms with E-state index in [1.165, 1.54) is 4.68 Å². The molecule has 9 heteroatoms. The zero-order chi connectivity index (χ0) is 13.1. The molecule has 0 bridgehead atoms. The molecule has 0 aromatic carbocycles. The van der Waals surface area contributed by atoms with Crippen LogP contribution >= 0.6 is 11.6 Å². The van der Waals surface area contributed by atoms with Gasteiger partial charge in [0.2, 0.25) is 17.1 Å². The van der Waals surface area contributed by atoms with E-state index in [-0.39, 0.29) is 17.2 Å². The van der Waals surface area contributed by atoms with Crippen LogP contribution in [0.3, 0.4) is 0 Å². The molecule has 0 aliphatic heterocycles. The first kappa shape index (κ1) is 12.2. The second-order valence-corrected chi connectivity index (χ2v) is 3.79. The van der Waals surface area contributed by atoms with Crippen molar-refractivity contribution in [2.45, 2.75) is 13.0 Å². The van der Waals surface area contributed by atoms with Gasteiger partial charge >= 0.3 is 0 Å². The number of primary amides is 1. The molecule has 1 atom stereocenters. The fraction of sp³-hybridized carbons (Fsp3) is 0.222. The number of halogens is 1. The van der Waals surface area contributed by atoms with Gasteiger partial charge in [0, 0.05) is 12.4 Å². The van der Waals surface area contributed by atoms with Crippen LogP contribution in [0.5, 0.6) is 0 Å². The van der Waals surface area contributed by atoms with E-state index in [9.17, 15) is 4.79 Å². The number of carbonyl (C=O) groups is 1. The summed E-state index contributed by atoms with van der Waals surface area (Å²) in [5.41, 5.74) is 5.13. The Kier molecular flexibility index (Phi) is 3.38. The molecule has 3 N–H and O–H groups in total. The van der Waals surface area contributed by atoms with Crippen molar-refractivity contribution in [2.75, 3.05) is 5.32 Å². The molecule has 0 saturated heterocycles. The Labute approximate surface area is 107 Å². The first-order valence-electron chi connectivity index (χ1n) is 5.03. The van der Waals surface area contributed by atoms with Gasteiger partial charge in [0.1, 0.15) is 6.04 Å². The number of hydrogen-bond donors (Lipinski definition) is 2. The average molecular weight is 268 g/mol. The van der Waals surface area contributed by atoms with Crippen molar-refractivity contribution in [3.8, 4) is 5.95 Å². The summed E-state index contributed by atoms with van der Waals surface area (Å²) in [6.45, 7) is 1.59. The summed E-state index contributed by atoms with van der Waals surface area (Å²) >= 11 is 5.77. The van der Waals surface area contributed by atoms with Gasteiger partial charge in [-0.1, -0.05) is 0 Å². The highest BCUT2D eigenvalue weighted by molar-refractivity contribution is 6.28. The lowest BCUT2D eigenvalue weighted by molar-refractivity contribution is -0.118. The lowest BCUT2D eigenvalue weighted by Crippen LogP contribution is -2.33. The minimum absolute atomic E-state index is 0.00493. The Hall–Kier alpha value is -2.22. The lowest BCUT2D eigenvalue weighted by Gasteiger charge is -2.10. The van der Waals surface area contributed by atoms with Gasteiger partial charge in [0.15, 0.2) is 0 Å². The maximum atomic E-state index is 10.9. The molecule has 1 unspecified atom stereocenters. The first-order chi connectivity index (χ1) is 8.56. The van der Waals surface area contributed by atoms with Crippen molar-refractivity contribution in [1.82, 2.24) is 24.7 Å². The lowest BCUT2D eigenvalue weighted by atomic mass is 10.3. The van der Waals surface area contributed by atoms with Crippen LogP contribution in [0.1, 0.15) is 6.92 Å². The smallest absolute Gasteiger partial charge is 0.256 e. The van der Waals surface area contributed by atoms with Crippen LogP contribution in [-0.2, 0) is 4.79 Å². The SMILES string of the molecule is CC(Nc1nc(Cl)nc(-n2cccn2)n1)C(N)=O. The standard InChI is InChI=1S/C9H10ClN7O/c1-5(6(11)18)13-8-14-7(10)15-9(16-8)17-4-2-3-12-17/h2-5H,1H3,(H2,11,18)(H,13,14,15,16). The third kappa shape index (κ3) is 2.72. The van der Waals surface area contributed by atoms with Crippen LogP contribution in [-0.4, -0.2) is 36.7 Å². The van der Waals surface area contributed by atoms with E-state index in [1.807, 2.05) is 0 Å². The number of anilines is 1. The van der Waals surface area contributed by atoms with E-state index in [0.717, 1.165) is 0 Å². The van der Waals surface area contributed by atoms with E-state index in [2.05, 4.69) is 25.4 Å². The molecule has 0 aliphatic rings. The number of rotatable bonds is 4. The normalized spacial score (nSPS) is 12.1. The molecule has 0 spiro atoms. The third-order valence-corrected chi connectivity index (χ3v) is 2.25. The van der Waals surface area contributed by atoms with Crippen LogP contribution in [0.25, 0.3) is 5.95 Å².